The fourth-order valence-corrected chi connectivity index (χ4v) is 0.679. The van der Waals surface area contributed by atoms with Gasteiger partial charge in [0, 0.05) is 0 Å². The lowest BCUT2D eigenvalue weighted by atomic mass is 10.3. The average molecular weight is 154 g/mol. The summed E-state index contributed by atoms with van der Waals surface area (Å²) >= 11 is 0. The zero-order chi connectivity index (χ0) is 8.27. The van der Waals surface area contributed by atoms with Gasteiger partial charge in [-0.3, -0.25) is 4.79 Å². The SMILES string of the molecule is Cc1cc(NC=O)ncc1F. The molecule has 1 heterocycles. The Morgan fingerprint density at radius 3 is 3.00 bits per heavy atom. The molecule has 0 atom stereocenters. The molecule has 0 saturated carbocycles. The van der Waals surface area contributed by atoms with E-state index >= 15 is 0 Å². The van der Waals surface area contributed by atoms with Crippen molar-refractivity contribution in [1.82, 2.24) is 4.98 Å². The molecule has 58 valence electrons. The molecule has 1 aromatic rings. The fraction of sp³-hybridized carbons (Fsp3) is 0.143. The summed E-state index contributed by atoms with van der Waals surface area (Å²) in [5, 5.41) is 2.32. The van der Waals surface area contributed by atoms with E-state index in [1.807, 2.05) is 0 Å². The van der Waals surface area contributed by atoms with Gasteiger partial charge in [0.15, 0.2) is 0 Å². The third-order valence-corrected chi connectivity index (χ3v) is 1.25. The molecule has 0 bridgehead atoms. The first-order valence-electron chi connectivity index (χ1n) is 3.06. The summed E-state index contributed by atoms with van der Waals surface area (Å²) in [6, 6.07) is 1.46. The molecule has 0 aromatic carbocycles. The molecule has 0 unspecified atom stereocenters. The van der Waals surface area contributed by atoms with Crippen LogP contribution in [0.2, 0.25) is 0 Å². The van der Waals surface area contributed by atoms with Crippen molar-refractivity contribution in [3.8, 4) is 0 Å². The summed E-state index contributed by atoms with van der Waals surface area (Å²) in [5.41, 5.74) is 0.462. The van der Waals surface area contributed by atoms with Gasteiger partial charge in [-0.25, -0.2) is 9.37 Å². The normalized spacial score (nSPS) is 9.27. The van der Waals surface area contributed by atoms with Crippen LogP contribution >= 0.6 is 0 Å². The van der Waals surface area contributed by atoms with Gasteiger partial charge < -0.3 is 5.32 Å². The zero-order valence-corrected chi connectivity index (χ0v) is 5.97. The molecule has 0 radical (unpaired) electrons. The Balaban J connectivity index is 2.95. The quantitative estimate of drug-likeness (QED) is 0.648. The predicted octanol–water partition coefficient (Wildman–Crippen LogP) is 1.10. The van der Waals surface area contributed by atoms with Crippen molar-refractivity contribution in [1.29, 1.82) is 0 Å². The van der Waals surface area contributed by atoms with Gasteiger partial charge in [0.1, 0.15) is 11.6 Å². The van der Waals surface area contributed by atoms with Crippen LogP contribution in [0, 0.1) is 12.7 Å². The lowest BCUT2D eigenvalue weighted by Crippen LogP contribution is -1.97. The summed E-state index contributed by atoms with van der Waals surface area (Å²) in [5.74, 6) is -0.0136. The number of halogens is 1. The molecule has 0 spiro atoms. The molecule has 1 N–H and O–H groups in total. The van der Waals surface area contributed by atoms with Gasteiger partial charge in [0.25, 0.3) is 0 Å². The Morgan fingerprint density at radius 2 is 2.45 bits per heavy atom. The summed E-state index contributed by atoms with van der Waals surface area (Å²) in [7, 11) is 0. The third-order valence-electron chi connectivity index (χ3n) is 1.25. The molecule has 1 aromatic heterocycles. The minimum atomic E-state index is -0.374. The Morgan fingerprint density at radius 1 is 1.73 bits per heavy atom. The summed E-state index contributed by atoms with van der Waals surface area (Å²) in [6.45, 7) is 1.60. The highest BCUT2D eigenvalue weighted by Crippen LogP contribution is 2.08. The fourth-order valence-electron chi connectivity index (χ4n) is 0.679. The van der Waals surface area contributed by atoms with Crippen molar-refractivity contribution in [2.24, 2.45) is 0 Å². The van der Waals surface area contributed by atoms with Gasteiger partial charge in [-0.15, -0.1) is 0 Å². The highest BCUT2D eigenvalue weighted by Gasteiger charge is 1.97. The van der Waals surface area contributed by atoms with Gasteiger partial charge in [-0.05, 0) is 18.6 Å². The van der Waals surface area contributed by atoms with E-state index in [1.54, 1.807) is 6.92 Å². The second-order valence-corrected chi connectivity index (χ2v) is 2.08. The van der Waals surface area contributed by atoms with Crippen LogP contribution in [0.25, 0.3) is 0 Å². The number of carbonyl (C=O) groups excluding carboxylic acids is 1. The topological polar surface area (TPSA) is 42.0 Å². The summed E-state index contributed by atoms with van der Waals surface area (Å²) in [4.78, 5) is 13.5. The molecule has 1 amide bonds. The van der Waals surface area contributed by atoms with Crippen LogP contribution in [0.1, 0.15) is 5.56 Å². The smallest absolute Gasteiger partial charge is 0.212 e. The molecule has 4 heteroatoms. The van der Waals surface area contributed by atoms with Crippen LogP contribution in [0.3, 0.4) is 0 Å². The number of aryl methyl sites for hydroxylation is 1. The van der Waals surface area contributed by atoms with Crippen LogP contribution in [0.5, 0.6) is 0 Å². The number of carbonyl (C=O) groups is 1. The molecule has 0 fully saturated rings. The van der Waals surface area contributed by atoms with E-state index in [1.165, 1.54) is 6.07 Å². The lowest BCUT2D eigenvalue weighted by molar-refractivity contribution is -0.105. The van der Waals surface area contributed by atoms with E-state index in [9.17, 15) is 9.18 Å². The number of nitrogens with zero attached hydrogens (tertiary/aromatic N) is 1. The van der Waals surface area contributed by atoms with Crippen LogP contribution < -0.4 is 5.32 Å². The minimum absolute atomic E-state index is 0.360. The molecule has 0 aliphatic heterocycles. The van der Waals surface area contributed by atoms with Gasteiger partial charge in [-0.1, -0.05) is 0 Å². The van der Waals surface area contributed by atoms with Crippen molar-refractivity contribution in [2.75, 3.05) is 5.32 Å². The number of aromatic nitrogens is 1. The first-order chi connectivity index (χ1) is 5.24. The molecule has 3 nitrogen and oxygen atoms in total. The van der Waals surface area contributed by atoms with E-state index in [0.717, 1.165) is 6.20 Å². The monoisotopic (exact) mass is 154 g/mol. The zero-order valence-electron chi connectivity index (χ0n) is 5.97. The predicted molar refractivity (Wildman–Crippen MR) is 38.6 cm³/mol. The lowest BCUT2D eigenvalue weighted by Gasteiger charge is -1.98. The summed E-state index contributed by atoms with van der Waals surface area (Å²) < 4.78 is 12.6. The standard InChI is InChI=1S/C7H7FN2O/c1-5-2-7(10-4-11)9-3-6(5)8/h2-4H,1H3,(H,9,10,11). The molecular weight excluding hydrogens is 147 g/mol. The highest BCUT2D eigenvalue weighted by molar-refractivity contribution is 5.68. The molecule has 1 rings (SSSR count). The van der Waals surface area contributed by atoms with Crippen LogP contribution in [0.15, 0.2) is 12.3 Å². The van der Waals surface area contributed by atoms with Crippen LogP contribution in [-0.2, 0) is 4.79 Å². The van der Waals surface area contributed by atoms with Crippen LogP contribution in [-0.4, -0.2) is 11.4 Å². The Bertz CT molecular complexity index is 275. The number of pyridine rings is 1. The molecule has 11 heavy (non-hydrogen) atoms. The molecule has 0 saturated heterocycles. The Labute approximate surface area is 63.3 Å². The molecular formula is C7H7FN2O. The number of hydrogen-bond acceptors (Lipinski definition) is 2. The van der Waals surface area contributed by atoms with Crippen molar-refractivity contribution < 1.29 is 9.18 Å². The minimum Gasteiger partial charge on any atom is -0.313 e. The number of rotatable bonds is 2. The number of amides is 1. The van der Waals surface area contributed by atoms with Gasteiger partial charge >= 0.3 is 0 Å². The van der Waals surface area contributed by atoms with E-state index in [2.05, 4.69) is 10.3 Å². The van der Waals surface area contributed by atoms with Crippen molar-refractivity contribution >= 4 is 12.2 Å². The third kappa shape index (κ3) is 1.73. The van der Waals surface area contributed by atoms with Crippen LogP contribution in [0.4, 0.5) is 10.2 Å². The maximum Gasteiger partial charge on any atom is 0.212 e. The second kappa shape index (κ2) is 3.09. The largest absolute Gasteiger partial charge is 0.313 e. The van der Waals surface area contributed by atoms with Crippen molar-refractivity contribution in [3.05, 3.63) is 23.6 Å². The number of nitrogens with one attached hydrogen (secondary N) is 1. The molecule has 0 aliphatic rings. The van der Waals surface area contributed by atoms with Crippen molar-refractivity contribution in [2.45, 2.75) is 6.92 Å². The van der Waals surface area contributed by atoms with Crippen molar-refractivity contribution in [3.63, 3.8) is 0 Å². The van der Waals surface area contributed by atoms with E-state index in [0.29, 0.717) is 17.8 Å². The van der Waals surface area contributed by atoms with E-state index < -0.39 is 0 Å². The number of hydrogen-bond donors (Lipinski definition) is 1. The highest BCUT2D eigenvalue weighted by atomic mass is 19.1. The maximum atomic E-state index is 12.6. The Kier molecular flexibility index (Phi) is 2.15. The van der Waals surface area contributed by atoms with Gasteiger partial charge in [0.2, 0.25) is 6.41 Å². The van der Waals surface area contributed by atoms with Gasteiger partial charge in [0.05, 0.1) is 6.20 Å². The second-order valence-electron chi connectivity index (χ2n) is 2.08. The number of anilines is 1. The first kappa shape index (κ1) is 7.65. The molecule has 0 aliphatic carbocycles. The maximum absolute atomic E-state index is 12.6. The Hall–Kier alpha value is -1.45. The summed E-state index contributed by atoms with van der Waals surface area (Å²) in [6.07, 6.45) is 1.57. The first-order valence-corrected chi connectivity index (χ1v) is 3.06. The average Bonchev–Trinajstić information content (AvgIpc) is 1.98. The van der Waals surface area contributed by atoms with E-state index in [-0.39, 0.29) is 5.82 Å². The van der Waals surface area contributed by atoms with E-state index in [4.69, 9.17) is 0 Å². The van der Waals surface area contributed by atoms with Gasteiger partial charge in [-0.2, -0.15) is 0 Å².